The van der Waals surface area contributed by atoms with Crippen molar-refractivity contribution < 1.29 is 4.74 Å². The van der Waals surface area contributed by atoms with Gasteiger partial charge in [-0.1, -0.05) is 13.8 Å². The fraction of sp³-hybridized carbons (Fsp3) is 1.00. The van der Waals surface area contributed by atoms with Gasteiger partial charge in [-0.2, -0.15) is 0 Å². The van der Waals surface area contributed by atoms with Crippen LogP contribution < -0.4 is 5.32 Å². The summed E-state index contributed by atoms with van der Waals surface area (Å²) in [5.74, 6) is 0. The Hall–Kier alpha value is -0.160. The molecule has 4 heteroatoms. The Morgan fingerprint density at radius 1 is 1.06 bits per heavy atom. The minimum absolute atomic E-state index is 0.394. The average molecular weight is 255 g/mol. The minimum Gasteiger partial charge on any atom is -0.379 e. The van der Waals surface area contributed by atoms with Gasteiger partial charge >= 0.3 is 0 Å². The van der Waals surface area contributed by atoms with Crippen LogP contribution in [0.5, 0.6) is 0 Å². The lowest BCUT2D eigenvalue weighted by molar-refractivity contribution is 0.0306. The van der Waals surface area contributed by atoms with Crippen LogP contribution in [0.25, 0.3) is 0 Å². The Balaban J connectivity index is 1.75. The van der Waals surface area contributed by atoms with Gasteiger partial charge in [0.25, 0.3) is 0 Å². The van der Waals surface area contributed by atoms with E-state index in [-0.39, 0.29) is 0 Å². The van der Waals surface area contributed by atoms with Crippen LogP contribution in [0.2, 0.25) is 0 Å². The number of ether oxygens (including phenoxy) is 1. The van der Waals surface area contributed by atoms with Crippen LogP contribution in [0.4, 0.5) is 0 Å². The first kappa shape index (κ1) is 14.3. The molecular weight excluding hydrogens is 226 g/mol. The van der Waals surface area contributed by atoms with Crippen LogP contribution >= 0.6 is 0 Å². The van der Waals surface area contributed by atoms with Gasteiger partial charge in [-0.25, -0.2) is 0 Å². The number of rotatable bonds is 3. The third kappa shape index (κ3) is 4.84. The fourth-order valence-electron chi connectivity index (χ4n) is 2.89. The Morgan fingerprint density at radius 2 is 1.78 bits per heavy atom. The Kier molecular flexibility index (Phi) is 5.42. The second-order valence-corrected chi connectivity index (χ2v) is 6.42. The Labute approximate surface area is 112 Å². The molecule has 0 unspecified atom stereocenters. The van der Waals surface area contributed by atoms with E-state index in [1.165, 1.54) is 32.6 Å². The van der Waals surface area contributed by atoms with Gasteiger partial charge in [-0.05, 0) is 24.9 Å². The molecule has 106 valence electrons. The van der Waals surface area contributed by atoms with Crippen LogP contribution in [0.1, 0.15) is 20.3 Å². The molecule has 2 fully saturated rings. The van der Waals surface area contributed by atoms with Crippen molar-refractivity contribution in [2.24, 2.45) is 5.41 Å². The minimum atomic E-state index is 0.394. The predicted molar refractivity (Wildman–Crippen MR) is 75.0 cm³/mol. The first-order chi connectivity index (χ1) is 8.66. The molecule has 0 saturated carbocycles. The summed E-state index contributed by atoms with van der Waals surface area (Å²) in [6.07, 6.45) is 1.28. The maximum absolute atomic E-state index is 5.40. The number of hydrogen-bond acceptors (Lipinski definition) is 4. The molecule has 0 aromatic rings. The summed E-state index contributed by atoms with van der Waals surface area (Å²) >= 11 is 0. The highest BCUT2D eigenvalue weighted by molar-refractivity contribution is 4.79. The Bertz CT molecular complexity index is 239. The Morgan fingerprint density at radius 3 is 2.56 bits per heavy atom. The van der Waals surface area contributed by atoms with Gasteiger partial charge in [-0.15, -0.1) is 0 Å². The lowest BCUT2D eigenvalue weighted by Gasteiger charge is -2.37. The second kappa shape index (κ2) is 6.85. The van der Waals surface area contributed by atoms with Crippen molar-refractivity contribution in [3.63, 3.8) is 0 Å². The molecule has 2 heterocycles. The molecule has 1 N–H and O–H groups in total. The van der Waals surface area contributed by atoms with Crippen LogP contribution in [0.3, 0.4) is 0 Å². The van der Waals surface area contributed by atoms with Crippen LogP contribution in [0.15, 0.2) is 0 Å². The van der Waals surface area contributed by atoms with E-state index in [0.29, 0.717) is 5.41 Å². The van der Waals surface area contributed by atoms with Gasteiger partial charge in [0.15, 0.2) is 0 Å². The number of morpholine rings is 1. The SMILES string of the molecule is CC1(C)CNCCCN(CCN2CCOCC2)C1. The van der Waals surface area contributed by atoms with Crippen molar-refractivity contribution >= 4 is 0 Å². The highest BCUT2D eigenvalue weighted by atomic mass is 16.5. The van der Waals surface area contributed by atoms with Crippen molar-refractivity contribution in [2.75, 3.05) is 65.6 Å². The average Bonchev–Trinajstić information content (AvgIpc) is 2.34. The smallest absolute Gasteiger partial charge is 0.0594 e. The number of nitrogens with zero attached hydrogens (tertiary/aromatic N) is 2. The van der Waals surface area contributed by atoms with Gasteiger partial charge in [0.05, 0.1) is 13.2 Å². The first-order valence-corrected chi connectivity index (χ1v) is 7.39. The monoisotopic (exact) mass is 255 g/mol. The quantitative estimate of drug-likeness (QED) is 0.801. The van der Waals surface area contributed by atoms with Crippen molar-refractivity contribution in [3.05, 3.63) is 0 Å². The molecule has 0 radical (unpaired) electrons. The van der Waals surface area contributed by atoms with Crippen LogP contribution in [-0.4, -0.2) is 75.4 Å². The fourth-order valence-corrected chi connectivity index (χ4v) is 2.89. The second-order valence-electron chi connectivity index (χ2n) is 6.42. The largest absolute Gasteiger partial charge is 0.379 e. The normalized spacial score (nSPS) is 27.7. The van der Waals surface area contributed by atoms with Gasteiger partial charge in [0, 0.05) is 39.3 Å². The topological polar surface area (TPSA) is 27.7 Å². The molecule has 2 aliphatic rings. The zero-order chi connectivity index (χ0) is 12.8. The van der Waals surface area contributed by atoms with E-state index >= 15 is 0 Å². The van der Waals surface area contributed by atoms with E-state index in [1.54, 1.807) is 0 Å². The molecule has 4 nitrogen and oxygen atoms in total. The molecule has 2 aliphatic heterocycles. The molecule has 18 heavy (non-hydrogen) atoms. The molecule has 2 saturated heterocycles. The molecule has 0 aromatic heterocycles. The van der Waals surface area contributed by atoms with E-state index < -0.39 is 0 Å². The van der Waals surface area contributed by atoms with Gasteiger partial charge in [0.2, 0.25) is 0 Å². The van der Waals surface area contributed by atoms with Gasteiger partial charge in [-0.3, -0.25) is 4.90 Å². The highest BCUT2D eigenvalue weighted by Gasteiger charge is 2.23. The molecule has 0 aromatic carbocycles. The van der Waals surface area contributed by atoms with Crippen molar-refractivity contribution in [3.8, 4) is 0 Å². The van der Waals surface area contributed by atoms with Crippen molar-refractivity contribution in [1.29, 1.82) is 0 Å². The summed E-state index contributed by atoms with van der Waals surface area (Å²) in [7, 11) is 0. The van der Waals surface area contributed by atoms with Gasteiger partial charge in [0.1, 0.15) is 0 Å². The summed E-state index contributed by atoms with van der Waals surface area (Å²) < 4.78 is 5.40. The van der Waals surface area contributed by atoms with Crippen molar-refractivity contribution in [1.82, 2.24) is 15.1 Å². The molecule has 0 bridgehead atoms. The van der Waals surface area contributed by atoms with E-state index in [9.17, 15) is 0 Å². The number of hydrogen-bond donors (Lipinski definition) is 1. The third-order valence-electron chi connectivity index (χ3n) is 3.92. The van der Waals surface area contributed by atoms with Gasteiger partial charge < -0.3 is 15.0 Å². The molecule has 0 aliphatic carbocycles. The molecule has 2 rings (SSSR count). The van der Waals surface area contributed by atoms with E-state index in [0.717, 1.165) is 39.4 Å². The van der Waals surface area contributed by atoms with Crippen LogP contribution in [0, 0.1) is 5.41 Å². The lowest BCUT2D eigenvalue weighted by Crippen LogP contribution is -2.47. The van der Waals surface area contributed by atoms with E-state index in [4.69, 9.17) is 4.74 Å². The summed E-state index contributed by atoms with van der Waals surface area (Å²) in [5.41, 5.74) is 0.394. The third-order valence-corrected chi connectivity index (χ3v) is 3.92. The molecule has 0 amide bonds. The summed E-state index contributed by atoms with van der Waals surface area (Å²) in [6, 6.07) is 0. The molecule has 0 atom stereocenters. The standard InChI is InChI=1S/C14H29N3O/c1-14(2)12-15-4-3-5-17(13-14)7-6-16-8-10-18-11-9-16/h15H,3-13H2,1-2H3. The maximum atomic E-state index is 5.40. The van der Waals surface area contributed by atoms with E-state index in [2.05, 4.69) is 29.0 Å². The lowest BCUT2D eigenvalue weighted by atomic mass is 9.91. The van der Waals surface area contributed by atoms with E-state index in [1.807, 2.05) is 0 Å². The zero-order valence-corrected chi connectivity index (χ0v) is 12.1. The molecule has 0 spiro atoms. The first-order valence-electron chi connectivity index (χ1n) is 7.39. The summed E-state index contributed by atoms with van der Waals surface area (Å²) in [6.45, 7) is 15.9. The van der Waals surface area contributed by atoms with Crippen LogP contribution in [-0.2, 0) is 4.74 Å². The maximum Gasteiger partial charge on any atom is 0.0594 e. The van der Waals surface area contributed by atoms with Crippen molar-refractivity contribution in [2.45, 2.75) is 20.3 Å². The molecular formula is C14H29N3O. The predicted octanol–water partition coefficient (Wildman–Crippen LogP) is 0.640. The summed E-state index contributed by atoms with van der Waals surface area (Å²) in [5, 5.41) is 3.55. The zero-order valence-electron chi connectivity index (χ0n) is 12.1. The number of nitrogens with one attached hydrogen (secondary N) is 1. The summed E-state index contributed by atoms with van der Waals surface area (Å²) in [4.78, 5) is 5.18. The highest BCUT2D eigenvalue weighted by Crippen LogP contribution is 2.17.